The number of hydrogen-bond donors (Lipinski definition) is 1. The molecule has 0 radical (unpaired) electrons. The molecule has 7 heavy (non-hydrogen) atoms. The Morgan fingerprint density at radius 3 is 0.857 bits per heavy atom. The summed E-state index contributed by atoms with van der Waals surface area (Å²) in [5, 5.41) is 0. The Bertz CT molecular complexity index is 59.8. The first kappa shape index (κ1) is 9.65. The van der Waals surface area contributed by atoms with E-state index in [4.69, 9.17) is 0 Å². The second-order valence-corrected chi connectivity index (χ2v) is 0.521. The lowest BCUT2D eigenvalue weighted by molar-refractivity contribution is 0.308. The highest BCUT2D eigenvalue weighted by molar-refractivity contribution is 4.77. The summed E-state index contributed by atoms with van der Waals surface area (Å²) in [4.78, 5) is 0. The number of hydrogen-bond acceptors (Lipinski definition) is 1. The van der Waals surface area contributed by atoms with Gasteiger partial charge in [-0.3, -0.25) is 0 Å². The maximum absolute atomic E-state index is 10.3. The molecule has 0 unspecified atom stereocenters. The summed E-state index contributed by atoms with van der Waals surface area (Å²) in [5.74, 6) is 0. The van der Waals surface area contributed by atoms with Crippen LogP contribution in [0.1, 0.15) is 0 Å². The van der Waals surface area contributed by atoms with E-state index in [0.717, 1.165) is 0 Å². The van der Waals surface area contributed by atoms with Crippen molar-refractivity contribution in [1.82, 2.24) is 6.15 Å². The van der Waals surface area contributed by atoms with Gasteiger partial charge in [-0.25, -0.2) is 0 Å². The molecule has 0 aliphatic heterocycles. The largest absolute Gasteiger partial charge is 0.344 e. The smallest absolute Gasteiger partial charge is 0.334 e. The SMILES string of the molecule is FC(F)=C(F)F.N. The van der Waals surface area contributed by atoms with E-state index in [2.05, 4.69) is 0 Å². The first-order chi connectivity index (χ1) is 2.64. The number of halogens is 4. The molecule has 0 amide bonds. The molecule has 0 rings (SSSR count). The van der Waals surface area contributed by atoms with E-state index >= 15 is 0 Å². The van der Waals surface area contributed by atoms with Gasteiger partial charge in [0.25, 0.3) is 0 Å². The third-order valence-electron chi connectivity index (χ3n) is 0.143. The molecule has 0 atom stereocenters. The van der Waals surface area contributed by atoms with E-state index in [0.29, 0.717) is 0 Å². The van der Waals surface area contributed by atoms with Gasteiger partial charge in [-0.2, -0.15) is 17.6 Å². The van der Waals surface area contributed by atoms with Crippen LogP contribution in [-0.4, -0.2) is 0 Å². The molecular weight excluding hydrogens is 114 g/mol. The highest BCUT2D eigenvalue weighted by Crippen LogP contribution is 2.08. The van der Waals surface area contributed by atoms with E-state index in [-0.39, 0.29) is 6.15 Å². The Balaban J connectivity index is 0. The highest BCUT2D eigenvalue weighted by Gasteiger charge is 1.98. The molecule has 0 saturated heterocycles. The predicted octanol–water partition coefficient (Wildman–Crippen LogP) is 2.15. The highest BCUT2D eigenvalue weighted by atomic mass is 19.3. The van der Waals surface area contributed by atoms with Crippen molar-refractivity contribution >= 4 is 0 Å². The molecule has 0 bridgehead atoms. The Labute approximate surface area is 37.2 Å². The minimum Gasteiger partial charge on any atom is -0.344 e. The topological polar surface area (TPSA) is 35.0 Å². The van der Waals surface area contributed by atoms with Gasteiger partial charge >= 0.3 is 12.2 Å². The van der Waals surface area contributed by atoms with Crippen LogP contribution in [0.5, 0.6) is 0 Å². The van der Waals surface area contributed by atoms with Crippen molar-refractivity contribution in [1.29, 1.82) is 0 Å². The Morgan fingerprint density at radius 2 is 0.857 bits per heavy atom. The second-order valence-electron chi connectivity index (χ2n) is 0.521. The Hall–Kier alpha value is -0.580. The minimum atomic E-state index is -2.91. The van der Waals surface area contributed by atoms with E-state index in [1.54, 1.807) is 0 Å². The molecule has 3 N–H and O–H groups in total. The maximum Gasteiger partial charge on any atom is 0.334 e. The average molecular weight is 117 g/mol. The van der Waals surface area contributed by atoms with Gasteiger partial charge in [-0.1, -0.05) is 0 Å². The van der Waals surface area contributed by atoms with Gasteiger partial charge in [0.15, 0.2) is 0 Å². The summed E-state index contributed by atoms with van der Waals surface area (Å²) in [6, 6.07) is 0. The van der Waals surface area contributed by atoms with Crippen LogP contribution in [0.4, 0.5) is 17.6 Å². The standard InChI is InChI=1S/C2F4.H3N/c3-1(4)2(5)6;/h;1H3. The Morgan fingerprint density at radius 1 is 0.714 bits per heavy atom. The molecule has 0 aliphatic carbocycles. The van der Waals surface area contributed by atoms with Crippen LogP contribution >= 0.6 is 0 Å². The molecule has 0 aromatic carbocycles. The molecule has 0 heterocycles. The molecule has 0 spiro atoms. The third kappa shape index (κ3) is 5.42. The fourth-order valence-electron chi connectivity index (χ4n) is 0. The van der Waals surface area contributed by atoms with Crippen molar-refractivity contribution in [3.63, 3.8) is 0 Å². The van der Waals surface area contributed by atoms with Crippen LogP contribution in [0, 0.1) is 0 Å². The van der Waals surface area contributed by atoms with Gasteiger partial charge in [0.05, 0.1) is 0 Å². The molecule has 1 nitrogen and oxygen atoms in total. The molecular formula is C2H3F4N. The van der Waals surface area contributed by atoms with Gasteiger partial charge in [0.1, 0.15) is 0 Å². The van der Waals surface area contributed by atoms with Crippen LogP contribution < -0.4 is 6.15 Å². The number of rotatable bonds is 0. The van der Waals surface area contributed by atoms with Gasteiger partial charge in [0, 0.05) is 0 Å². The summed E-state index contributed by atoms with van der Waals surface area (Å²) < 4.78 is 41.1. The predicted molar refractivity (Wildman–Crippen MR) is 16.5 cm³/mol. The summed E-state index contributed by atoms with van der Waals surface area (Å²) in [7, 11) is 0. The second kappa shape index (κ2) is 3.60. The van der Waals surface area contributed by atoms with Crippen molar-refractivity contribution in [2.24, 2.45) is 0 Å². The Kier molecular flexibility index (Phi) is 4.97. The van der Waals surface area contributed by atoms with Crippen LogP contribution in [0.25, 0.3) is 0 Å². The van der Waals surface area contributed by atoms with Crippen molar-refractivity contribution in [2.45, 2.75) is 0 Å². The van der Waals surface area contributed by atoms with Crippen LogP contribution in [0.3, 0.4) is 0 Å². The van der Waals surface area contributed by atoms with Crippen molar-refractivity contribution < 1.29 is 17.6 Å². The lowest BCUT2D eigenvalue weighted by atomic mass is 11.1. The zero-order valence-electron chi connectivity index (χ0n) is 3.22. The van der Waals surface area contributed by atoms with Crippen molar-refractivity contribution in [3.05, 3.63) is 12.2 Å². The van der Waals surface area contributed by atoms with Gasteiger partial charge in [0.2, 0.25) is 0 Å². The maximum atomic E-state index is 10.3. The molecule has 0 aliphatic rings. The molecule has 0 saturated carbocycles. The van der Waals surface area contributed by atoms with Crippen LogP contribution in [0.2, 0.25) is 0 Å². The molecule has 0 aromatic rings. The molecule has 0 fully saturated rings. The monoisotopic (exact) mass is 117 g/mol. The van der Waals surface area contributed by atoms with Gasteiger partial charge in [-0.05, 0) is 0 Å². The lowest BCUT2D eigenvalue weighted by Gasteiger charge is -1.69. The van der Waals surface area contributed by atoms with Gasteiger partial charge in [-0.15, -0.1) is 0 Å². The first-order valence-electron chi connectivity index (χ1n) is 1.01. The molecule has 44 valence electrons. The van der Waals surface area contributed by atoms with Crippen LogP contribution in [-0.2, 0) is 0 Å². The molecule has 0 aromatic heterocycles. The average Bonchev–Trinajstić information content (AvgIpc) is 1.36. The summed E-state index contributed by atoms with van der Waals surface area (Å²) in [6.07, 6.45) is -5.81. The van der Waals surface area contributed by atoms with E-state index < -0.39 is 12.2 Å². The van der Waals surface area contributed by atoms with E-state index in [1.165, 1.54) is 0 Å². The summed E-state index contributed by atoms with van der Waals surface area (Å²) >= 11 is 0. The van der Waals surface area contributed by atoms with E-state index in [9.17, 15) is 17.6 Å². The van der Waals surface area contributed by atoms with E-state index in [1.807, 2.05) is 0 Å². The third-order valence-corrected chi connectivity index (χ3v) is 0.143. The first-order valence-corrected chi connectivity index (χ1v) is 1.01. The van der Waals surface area contributed by atoms with Crippen LogP contribution in [0.15, 0.2) is 12.2 Å². The van der Waals surface area contributed by atoms with Gasteiger partial charge < -0.3 is 6.15 Å². The quantitative estimate of drug-likeness (QED) is 0.484. The summed E-state index contributed by atoms with van der Waals surface area (Å²) in [5.41, 5.74) is 0. The lowest BCUT2D eigenvalue weighted by Crippen LogP contribution is -1.56. The minimum absolute atomic E-state index is 0. The fourth-order valence-corrected chi connectivity index (χ4v) is 0. The van der Waals surface area contributed by atoms with Crippen molar-refractivity contribution in [2.75, 3.05) is 0 Å². The summed E-state index contributed by atoms with van der Waals surface area (Å²) in [6.45, 7) is 0. The molecule has 5 heteroatoms. The zero-order valence-corrected chi connectivity index (χ0v) is 3.22. The van der Waals surface area contributed by atoms with Crippen molar-refractivity contribution in [3.8, 4) is 0 Å². The normalized spacial score (nSPS) is 6.86. The zero-order chi connectivity index (χ0) is 5.15. The fraction of sp³-hybridized carbons (Fsp3) is 0.